The SMILES string of the molecule is C[C@H](NC(=O)c1cccc([N+](=O)[O-])c1)C(=O)NNC(=O)c1ccc(F)cc1. The summed E-state index contributed by atoms with van der Waals surface area (Å²) in [6.07, 6.45) is 0. The Balaban J connectivity index is 1.90. The van der Waals surface area contributed by atoms with Gasteiger partial charge in [0.1, 0.15) is 11.9 Å². The minimum atomic E-state index is -1.04. The molecule has 2 aromatic carbocycles. The Hall–Kier alpha value is -3.82. The predicted octanol–water partition coefficient (Wildman–Crippen LogP) is 1.31. The maximum atomic E-state index is 12.8. The maximum Gasteiger partial charge on any atom is 0.270 e. The number of nitro groups is 1. The van der Waals surface area contributed by atoms with E-state index in [4.69, 9.17) is 0 Å². The second kappa shape index (κ2) is 8.52. The van der Waals surface area contributed by atoms with E-state index in [1.807, 2.05) is 0 Å². The molecule has 10 heteroatoms. The van der Waals surface area contributed by atoms with Crippen molar-refractivity contribution >= 4 is 23.4 Å². The van der Waals surface area contributed by atoms with Crippen molar-refractivity contribution in [1.29, 1.82) is 0 Å². The Kier molecular flexibility index (Phi) is 6.15. The van der Waals surface area contributed by atoms with Crippen LogP contribution in [0.15, 0.2) is 48.5 Å². The number of hydrazine groups is 1. The van der Waals surface area contributed by atoms with Gasteiger partial charge in [-0.2, -0.15) is 0 Å². The second-order valence-electron chi connectivity index (χ2n) is 5.45. The van der Waals surface area contributed by atoms with Crippen LogP contribution in [-0.4, -0.2) is 28.7 Å². The van der Waals surface area contributed by atoms with E-state index in [1.54, 1.807) is 0 Å². The Labute approximate surface area is 152 Å². The number of rotatable bonds is 5. The number of hydrogen-bond donors (Lipinski definition) is 3. The number of benzene rings is 2. The molecular formula is C17H15FN4O5. The van der Waals surface area contributed by atoms with E-state index >= 15 is 0 Å². The first kappa shape index (κ1) is 19.5. The summed E-state index contributed by atoms with van der Waals surface area (Å²) in [5.74, 6) is -2.58. The fraction of sp³-hybridized carbons (Fsp3) is 0.118. The van der Waals surface area contributed by atoms with Crippen LogP contribution in [-0.2, 0) is 4.79 Å². The van der Waals surface area contributed by atoms with Gasteiger partial charge in [-0.05, 0) is 37.3 Å². The van der Waals surface area contributed by atoms with Gasteiger partial charge in [0.2, 0.25) is 0 Å². The Bertz CT molecular complexity index is 885. The number of non-ortho nitro benzene ring substituents is 1. The number of carbonyl (C=O) groups excluding carboxylic acids is 3. The lowest BCUT2D eigenvalue weighted by Crippen LogP contribution is -2.51. The molecule has 0 aliphatic heterocycles. The lowest BCUT2D eigenvalue weighted by atomic mass is 10.1. The molecule has 0 saturated heterocycles. The molecule has 0 radical (unpaired) electrons. The zero-order valence-corrected chi connectivity index (χ0v) is 14.1. The van der Waals surface area contributed by atoms with E-state index in [9.17, 15) is 28.9 Å². The summed E-state index contributed by atoms with van der Waals surface area (Å²) >= 11 is 0. The first-order valence-corrected chi connectivity index (χ1v) is 7.69. The quantitative estimate of drug-likeness (QED) is 0.537. The highest BCUT2D eigenvalue weighted by atomic mass is 19.1. The van der Waals surface area contributed by atoms with Crippen LogP contribution >= 0.6 is 0 Å². The van der Waals surface area contributed by atoms with Gasteiger partial charge in [-0.15, -0.1) is 0 Å². The van der Waals surface area contributed by atoms with Crippen LogP contribution in [0.3, 0.4) is 0 Å². The molecule has 140 valence electrons. The maximum absolute atomic E-state index is 12.8. The third-order valence-corrected chi connectivity index (χ3v) is 3.47. The van der Waals surface area contributed by atoms with Crippen LogP contribution in [0.1, 0.15) is 27.6 Å². The zero-order chi connectivity index (χ0) is 20.0. The van der Waals surface area contributed by atoms with Crippen LogP contribution in [0.2, 0.25) is 0 Å². The summed E-state index contributed by atoms with van der Waals surface area (Å²) in [7, 11) is 0. The first-order valence-electron chi connectivity index (χ1n) is 7.69. The van der Waals surface area contributed by atoms with E-state index in [-0.39, 0.29) is 16.8 Å². The zero-order valence-electron chi connectivity index (χ0n) is 14.1. The molecule has 9 nitrogen and oxygen atoms in total. The smallest absolute Gasteiger partial charge is 0.270 e. The van der Waals surface area contributed by atoms with Crippen molar-refractivity contribution in [3.63, 3.8) is 0 Å². The second-order valence-corrected chi connectivity index (χ2v) is 5.45. The number of carbonyl (C=O) groups is 3. The molecular weight excluding hydrogens is 359 g/mol. The lowest BCUT2D eigenvalue weighted by molar-refractivity contribution is -0.384. The molecule has 0 saturated carbocycles. The van der Waals surface area contributed by atoms with Crippen LogP contribution in [0.5, 0.6) is 0 Å². The third-order valence-electron chi connectivity index (χ3n) is 3.47. The third kappa shape index (κ3) is 5.33. The number of halogens is 1. The molecule has 0 aliphatic rings. The number of nitrogens with zero attached hydrogens (tertiary/aromatic N) is 1. The largest absolute Gasteiger partial charge is 0.340 e. The number of hydrogen-bond acceptors (Lipinski definition) is 5. The van der Waals surface area contributed by atoms with Gasteiger partial charge in [0.15, 0.2) is 0 Å². The van der Waals surface area contributed by atoms with Gasteiger partial charge in [0, 0.05) is 23.3 Å². The number of nitro benzene ring substituents is 1. The van der Waals surface area contributed by atoms with E-state index in [2.05, 4.69) is 16.2 Å². The van der Waals surface area contributed by atoms with Crippen molar-refractivity contribution in [2.24, 2.45) is 0 Å². The molecule has 0 bridgehead atoms. The van der Waals surface area contributed by atoms with E-state index in [1.165, 1.54) is 37.3 Å². The molecule has 0 aromatic heterocycles. The van der Waals surface area contributed by atoms with E-state index in [0.717, 1.165) is 18.2 Å². The van der Waals surface area contributed by atoms with Crippen molar-refractivity contribution < 1.29 is 23.7 Å². The minimum absolute atomic E-state index is 0.0131. The first-order chi connectivity index (χ1) is 12.8. The van der Waals surface area contributed by atoms with Crippen molar-refractivity contribution in [1.82, 2.24) is 16.2 Å². The van der Waals surface area contributed by atoms with Gasteiger partial charge < -0.3 is 5.32 Å². The molecule has 0 fully saturated rings. The molecule has 0 spiro atoms. The highest BCUT2D eigenvalue weighted by Crippen LogP contribution is 2.13. The van der Waals surface area contributed by atoms with Gasteiger partial charge in [-0.3, -0.25) is 35.3 Å². The average Bonchev–Trinajstić information content (AvgIpc) is 2.66. The monoisotopic (exact) mass is 374 g/mol. The minimum Gasteiger partial charge on any atom is -0.340 e. The van der Waals surface area contributed by atoms with E-state index < -0.39 is 34.5 Å². The summed E-state index contributed by atoms with van der Waals surface area (Å²) in [5, 5.41) is 13.1. The molecule has 0 heterocycles. The predicted molar refractivity (Wildman–Crippen MR) is 92.0 cm³/mol. The topological polar surface area (TPSA) is 130 Å². The van der Waals surface area contributed by atoms with Crippen molar-refractivity contribution in [3.05, 3.63) is 75.6 Å². The van der Waals surface area contributed by atoms with Gasteiger partial charge in [-0.1, -0.05) is 6.07 Å². The Morgan fingerprint density at radius 1 is 1.00 bits per heavy atom. The van der Waals surface area contributed by atoms with Crippen LogP contribution in [0.4, 0.5) is 10.1 Å². The average molecular weight is 374 g/mol. The highest BCUT2D eigenvalue weighted by Gasteiger charge is 2.19. The fourth-order valence-corrected chi connectivity index (χ4v) is 2.01. The van der Waals surface area contributed by atoms with Gasteiger partial charge >= 0.3 is 0 Å². The molecule has 2 rings (SSSR count). The van der Waals surface area contributed by atoms with Gasteiger partial charge in [0.05, 0.1) is 4.92 Å². The van der Waals surface area contributed by atoms with E-state index in [0.29, 0.717) is 0 Å². The van der Waals surface area contributed by atoms with Crippen LogP contribution in [0, 0.1) is 15.9 Å². The summed E-state index contributed by atoms with van der Waals surface area (Å²) < 4.78 is 12.8. The molecule has 27 heavy (non-hydrogen) atoms. The summed E-state index contributed by atoms with van der Waals surface area (Å²) in [4.78, 5) is 46.0. The molecule has 3 N–H and O–H groups in total. The van der Waals surface area contributed by atoms with Crippen molar-refractivity contribution in [3.8, 4) is 0 Å². The van der Waals surface area contributed by atoms with Gasteiger partial charge in [0.25, 0.3) is 23.4 Å². The molecule has 3 amide bonds. The summed E-state index contributed by atoms with van der Waals surface area (Å²) in [6, 6.07) is 8.66. The molecule has 0 unspecified atom stereocenters. The fourth-order valence-electron chi connectivity index (χ4n) is 2.01. The molecule has 1 atom stereocenters. The Morgan fingerprint density at radius 2 is 1.67 bits per heavy atom. The highest BCUT2D eigenvalue weighted by molar-refractivity contribution is 5.99. The number of nitrogens with one attached hydrogen (secondary N) is 3. The van der Waals surface area contributed by atoms with Crippen molar-refractivity contribution in [2.45, 2.75) is 13.0 Å². The van der Waals surface area contributed by atoms with Gasteiger partial charge in [-0.25, -0.2) is 4.39 Å². The van der Waals surface area contributed by atoms with Crippen molar-refractivity contribution in [2.75, 3.05) is 0 Å². The molecule has 0 aliphatic carbocycles. The van der Waals surface area contributed by atoms with Crippen LogP contribution in [0.25, 0.3) is 0 Å². The lowest BCUT2D eigenvalue weighted by Gasteiger charge is -2.14. The number of amides is 3. The normalized spacial score (nSPS) is 11.2. The van der Waals surface area contributed by atoms with Crippen LogP contribution < -0.4 is 16.2 Å². The summed E-state index contributed by atoms with van der Waals surface area (Å²) in [6.45, 7) is 1.37. The molecule has 2 aromatic rings. The standard InChI is InChI=1S/C17H15FN4O5/c1-10(19-16(24)12-3-2-4-14(9-12)22(26)27)15(23)20-21-17(25)11-5-7-13(18)8-6-11/h2-10H,1H3,(H,19,24)(H,20,23)(H,21,25)/t10-/m0/s1. The summed E-state index contributed by atoms with van der Waals surface area (Å²) in [5.41, 5.74) is 4.15. The Morgan fingerprint density at radius 3 is 2.30 bits per heavy atom.